The van der Waals surface area contributed by atoms with E-state index in [2.05, 4.69) is 17.0 Å². The van der Waals surface area contributed by atoms with Crippen molar-refractivity contribution in [3.8, 4) is 17.3 Å². The molecule has 0 saturated heterocycles. The number of ether oxygens (including phenoxy) is 1. The number of aromatic nitrogens is 3. The molecule has 5 rings (SSSR count). The van der Waals surface area contributed by atoms with Crippen LogP contribution in [0.25, 0.3) is 33.6 Å². The van der Waals surface area contributed by atoms with Crippen molar-refractivity contribution < 1.29 is 9.15 Å². The summed E-state index contributed by atoms with van der Waals surface area (Å²) in [5, 5.41) is 5.48. The normalized spacial score (nSPS) is 12.2. The van der Waals surface area contributed by atoms with Gasteiger partial charge in [-0.2, -0.15) is 9.50 Å². The van der Waals surface area contributed by atoms with E-state index in [-0.39, 0.29) is 5.56 Å². The fraction of sp³-hybridized carbons (Fsp3) is 0.269. The highest BCUT2D eigenvalue weighted by Gasteiger charge is 2.19. The van der Waals surface area contributed by atoms with Gasteiger partial charge in [0.1, 0.15) is 11.3 Å². The van der Waals surface area contributed by atoms with E-state index in [4.69, 9.17) is 9.15 Å². The van der Waals surface area contributed by atoms with Gasteiger partial charge in [-0.25, -0.2) is 0 Å². The molecule has 0 amide bonds. The Kier molecular flexibility index (Phi) is 5.96. The molecular formula is C26H25N3O3S. The Bertz CT molecular complexity index is 1530. The van der Waals surface area contributed by atoms with E-state index in [0.717, 1.165) is 40.7 Å². The fourth-order valence-corrected chi connectivity index (χ4v) is 4.80. The number of unbranched alkanes of at least 4 members (excludes halogenated alkanes) is 3. The zero-order chi connectivity index (χ0) is 22.8. The molecule has 7 heteroatoms. The topological polar surface area (TPSA) is 69.6 Å². The van der Waals surface area contributed by atoms with Crippen LogP contribution in [0.5, 0.6) is 5.75 Å². The Morgan fingerprint density at radius 1 is 1.09 bits per heavy atom. The molecule has 3 heterocycles. The minimum Gasteiger partial charge on any atom is -0.493 e. The van der Waals surface area contributed by atoms with Crippen molar-refractivity contribution in [3.05, 3.63) is 74.5 Å². The van der Waals surface area contributed by atoms with Gasteiger partial charge in [0.25, 0.3) is 5.56 Å². The first-order valence-electron chi connectivity index (χ1n) is 11.3. The van der Waals surface area contributed by atoms with E-state index in [1.54, 1.807) is 0 Å². The molecular weight excluding hydrogens is 434 g/mol. The number of para-hydroxylation sites is 2. The summed E-state index contributed by atoms with van der Waals surface area (Å²) in [5.74, 6) is 1.80. The molecule has 3 aromatic heterocycles. The van der Waals surface area contributed by atoms with Crippen molar-refractivity contribution in [2.75, 3.05) is 6.61 Å². The molecule has 0 N–H and O–H groups in total. The standard InChI is InChI=1S/C26H25N3O3S/c1-3-4-5-10-15-31-20-13-8-6-11-18(20)16-22-25(30)29-26(33-22)27-24(28-29)23-17(2)19-12-7-9-14-21(19)32-23/h6-9,11-14,16H,3-5,10,15H2,1-2H3/b22-16+. The largest absolute Gasteiger partial charge is 0.493 e. The van der Waals surface area contributed by atoms with Crippen LogP contribution in [-0.4, -0.2) is 21.2 Å². The Morgan fingerprint density at radius 3 is 2.73 bits per heavy atom. The molecule has 0 aliphatic rings. The average molecular weight is 460 g/mol. The molecule has 0 fully saturated rings. The summed E-state index contributed by atoms with van der Waals surface area (Å²) in [6.07, 6.45) is 6.46. The highest BCUT2D eigenvalue weighted by molar-refractivity contribution is 7.15. The third-order valence-electron chi connectivity index (χ3n) is 5.69. The number of hydrogen-bond acceptors (Lipinski definition) is 6. The number of thiazole rings is 1. The van der Waals surface area contributed by atoms with Crippen LogP contribution in [0, 0.1) is 6.92 Å². The molecule has 0 unspecified atom stereocenters. The summed E-state index contributed by atoms with van der Waals surface area (Å²) in [4.78, 5) is 18.2. The molecule has 0 bridgehead atoms. The molecule has 0 atom stereocenters. The fourth-order valence-electron chi connectivity index (χ4n) is 3.90. The van der Waals surface area contributed by atoms with Crippen molar-refractivity contribution in [1.29, 1.82) is 0 Å². The van der Waals surface area contributed by atoms with Crippen LogP contribution in [0.15, 0.2) is 57.7 Å². The maximum atomic E-state index is 13.0. The first kappa shape index (κ1) is 21.4. The SMILES string of the molecule is CCCCCCOc1ccccc1/C=c1/sc2nc(-c3oc4ccccc4c3C)nn2c1=O. The lowest BCUT2D eigenvalue weighted by atomic mass is 10.1. The van der Waals surface area contributed by atoms with Gasteiger partial charge in [-0.15, -0.1) is 5.10 Å². The molecule has 0 aliphatic carbocycles. The number of benzene rings is 2. The summed E-state index contributed by atoms with van der Waals surface area (Å²) in [7, 11) is 0. The lowest BCUT2D eigenvalue weighted by molar-refractivity contribution is 0.304. The van der Waals surface area contributed by atoms with Gasteiger partial charge in [0.2, 0.25) is 10.8 Å². The van der Waals surface area contributed by atoms with E-state index in [9.17, 15) is 4.79 Å². The number of hydrogen-bond donors (Lipinski definition) is 0. The molecule has 0 aliphatic heterocycles. The van der Waals surface area contributed by atoms with E-state index in [0.29, 0.717) is 27.7 Å². The van der Waals surface area contributed by atoms with Crippen LogP contribution in [0.4, 0.5) is 0 Å². The number of aryl methyl sites for hydroxylation is 1. The van der Waals surface area contributed by atoms with Crippen molar-refractivity contribution in [3.63, 3.8) is 0 Å². The predicted molar refractivity (Wildman–Crippen MR) is 132 cm³/mol. The molecule has 168 valence electrons. The lowest BCUT2D eigenvalue weighted by Crippen LogP contribution is -2.23. The Balaban J connectivity index is 1.46. The Morgan fingerprint density at radius 2 is 1.91 bits per heavy atom. The minimum absolute atomic E-state index is 0.194. The highest BCUT2D eigenvalue weighted by atomic mass is 32.1. The van der Waals surface area contributed by atoms with Gasteiger partial charge in [0, 0.05) is 16.5 Å². The van der Waals surface area contributed by atoms with Gasteiger partial charge < -0.3 is 9.15 Å². The van der Waals surface area contributed by atoms with Crippen LogP contribution in [0.3, 0.4) is 0 Å². The van der Waals surface area contributed by atoms with Crippen molar-refractivity contribution in [2.45, 2.75) is 39.5 Å². The lowest BCUT2D eigenvalue weighted by Gasteiger charge is -2.08. The minimum atomic E-state index is -0.194. The van der Waals surface area contributed by atoms with Crippen molar-refractivity contribution in [2.24, 2.45) is 0 Å². The first-order chi connectivity index (χ1) is 16.2. The third kappa shape index (κ3) is 4.16. The van der Waals surface area contributed by atoms with Crippen LogP contribution < -0.4 is 14.8 Å². The zero-order valence-electron chi connectivity index (χ0n) is 18.7. The van der Waals surface area contributed by atoms with Crippen LogP contribution in [-0.2, 0) is 0 Å². The number of rotatable bonds is 8. The molecule has 0 saturated carbocycles. The molecule has 6 nitrogen and oxygen atoms in total. The summed E-state index contributed by atoms with van der Waals surface area (Å²) in [6.45, 7) is 4.84. The molecule has 5 aromatic rings. The second kappa shape index (κ2) is 9.19. The van der Waals surface area contributed by atoms with E-state index < -0.39 is 0 Å². The molecule has 0 spiro atoms. The van der Waals surface area contributed by atoms with Gasteiger partial charge >= 0.3 is 0 Å². The number of fused-ring (bicyclic) bond motifs is 2. The highest BCUT2D eigenvalue weighted by Crippen LogP contribution is 2.31. The monoisotopic (exact) mass is 459 g/mol. The Hall–Kier alpha value is -3.45. The van der Waals surface area contributed by atoms with E-state index in [1.807, 2.05) is 61.5 Å². The van der Waals surface area contributed by atoms with Crippen molar-refractivity contribution >= 4 is 33.3 Å². The molecule has 2 aromatic carbocycles. The van der Waals surface area contributed by atoms with Gasteiger partial charge in [-0.3, -0.25) is 4.79 Å². The molecule has 0 radical (unpaired) electrons. The second-order valence-electron chi connectivity index (χ2n) is 8.04. The average Bonchev–Trinajstić information content (AvgIpc) is 3.48. The summed E-state index contributed by atoms with van der Waals surface area (Å²) in [5.41, 5.74) is 2.43. The zero-order valence-corrected chi connectivity index (χ0v) is 19.5. The van der Waals surface area contributed by atoms with E-state index in [1.165, 1.54) is 28.7 Å². The van der Waals surface area contributed by atoms with Gasteiger partial charge in [0.05, 0.1) is 11.1 Å². The summed E-state index contributed by atoms with van der Waals surface area (Å²) in [6, 6.07) is 15.6. The predicted octanol–water partition coefficient (Wildman–Crippen LogP) is 5.38. The van der Waals surface area contributed by atoms with Gasteiger partial charge in [-0.1, -0.05) is 73.9 Å². The third-order valence-corrected chi connectivity index (χ3v) is 6.65. The first-order valence-corrected chi connectivity index (χ1v) is 12.1. The number of nitrogens with zero attached hydrogens (tertiary/aromatic N) is 3. The molecule has 33 heavy (non-hydrogen) atoms. The summed E-state index contributed by atoms with van der Waals surface area (Å²) >= 11 is 1.31. The van der Waals surface area contributed by atoms with Gasteiger partial charge in [0.15, 0.2) is 5.76 Å². The smallest absolute Gasteiger partial charge is 0.291 e. The maximum absolute atomic E-state index is 13.0. The van der Waals surface area contributed by atoms with Crippen LogP contribution >= 0.6 is 11.3 Å². The number of furan rings is 1. The second-order valence-corrected chi connectivity index (χ2v) is 9.05. The van der Waals surface area contributed by atoms with Crippen LogP contribution in [0.1, 0.15) is 43.7 Å². The Labute approximate surface area is 195 Å². The quantitative estimate of drug-likeness (QED) is 0.291. The van der Waals surface area contributed by atoms with E-state index >= 15 is 0 Å². The maximum Gasteiger partial charge on any atom is 0.291 e. The van der Waals surface area contributed by atoms with Crippen molar-refractivity contribution in [1.82, 2.24) is 14.6 Å². The summed E-state index contributed by atoms with van der Waals surface area (Å²) < 4.78 is 13.9. The van der Waals surface area contributed by atoms with Crippen LogP contribution in [0.2, 0.25) is 0 Å². The van der Waals surface area contributed by atoms with Gasteiger partial charge in [-0.05, 0) is 31.6 Å².